The number of alkyl halides is 5. The van der Waals surface area contributed by atoms with Gasteiger partial charge in [-0.1, -0.05) is 0 Å². The van der Waals surface area contributed by atoms with Gasteiger partial charge in [-0.3, -0.25) is 4.68 Å². The second-order valence-corrected chi connectivity index (χ2v) is 3.03. The number of carbonyl (C=O) groups is 1. The Hall–Kier alpha value is -1.67. The molecule has 96 valence electrons. The Morgan fingerprint density at radius 3 is 2.29 bits per heavy atom. The van der Waals surface area contributed by atoms with Crippen LogP contribution in [0.1, 0.15) is 35.1 Å². The van der Waals surface area contributed by atoms with E-state index in [0.717, 1.165) is 0 Å². The molecule has 1 rings (SSSR count). The monoisotopic (exact) mass is 258 g/mol. The van der Waals surface area contributed by atoms with Crippen molar-refractivity contribution in [2.75, 3.05) is 0 Å². The maximum atomic E-state index is 12.5. The number of hydrogen-bond donors (Lipinski definition) is 1. The van der Waals surface area contributed by atoms with Crippen molar-refractivity contribution in [1.82, 2.24) is 9.78 Å². The third-order valence-electron chi connectivity index (χ3n) is 1.98. The summed E-state index contributed by atoms with van der Waals surface area (Å²) in [6.45, 7) is 1.00. The van der Waals surface area contributed by atoms with Crippen LogP contribution in [0.25, 0.3) is 0 Å². The summed E-state index contributed by atoms with van der Waals surface area (Å²) in [4.78, 5) is 10.6. The quantitative estimate of drug-likeness (QED) is 0.847. The molecule has 0 unspecified atom stereocenters. The van der Waals surface area contributed by atoms with Crippen LogP contribution in [0.15, 0.2) is 0 Å². The lowest BCUT2D eigenvalue weighted by atomic mass is 10.1. The molecule has 0 aromatic carbocycles. The first kappa shape index (κ1) is 13.4. The molecule has 0 radical (unpaired) electrons. The van der Waals surface area contributed by atoms with Crippen molar-refractivity contribution in [3.63, 3.8) is 0 Å². The minimum atomic E-state index is -5.09. The van der Waals surface area contributed by atoms with Crippen LogP contribution in [0.3, 0.4) is 0 Å². The Bertz CT molecular complexity index is 438. The number of carboxylic acids is 1. The summed E-state index contributed by atoms with van der Waals surface area (Å²) < 4.78 is 62.7. The molecular weight excluding hydrogens is 251 g/mol. The second-order valence-electron chi connectivity index (χ2n) is 3.03. The number of aromatic carboxylic acids is 1. The van der Waals surface area contributed by atoms with Gasteiger partial charge in [-0.25, -0.2) is 13.6 Å². The normalized spacial score (nSPS) is 12.2. The molecule has 0 bridgehead atoms. The highest BCUT2D eigenvalue weighted by atomic mass is 19.4. The zero-order valence-corrected chi connectivity index (χ0v) is 8.42. The summed E-state index contributed by atoms with van der Waals surface area (Å²) in [7, 11) is 0. The van der Waals surface area contributed by atoms with E-state index >= 15 is 0 Å². The summed E-state index contributed by atoms with van der Waals surface area (Å²) in [6, 6.07) is 0. The number of aromatic nitrogens is 2. The van der Waals surface area contributed by atoms with Gasteiger partial charge in [0.25, 0.3) is 6.43 Å². The molecule has 0 amide bonds. The Balaban J connectivity index is 3.58. The largest absolute Gasteiger partial charge is 0.478 e. The highest BCUT2D eigenvalue weighted by Crippen LogP contribution is 2.35. The lowest BCUT2D eigenvalue weighted by Crippen LogP contribution is -2.13. The van der Waals surface area contributed by atoms with E-state index in [9.17, 15) is 26.7 Å². The summed E-state index contributed by atoms with van der Waals surface area (Å²) in [6.07, 6.45) is -8.43. The van der Waals surface area contributed by atoms with Crippen LogP contribution in [-0.2, 0) is 12.7 Å². The van der Waals surface area contributed by atoms with E-state index < -0.39 is 35.5 Å². The maximum Gasteiger partial charge on any atom is 0.436 e. The molecular formula is C8H7F5N2O2. The van der Waals surface area contributed by atoms with Crippen molar-refractivity contribution in [2.24, 2.45) is 0 Å². The average Bonchev–Trinajstić information content (AvgIpc) is 2.55. The second kappa shape index (κ2) is 4.30. The minimum Gasteiger partial charge on any atom is -0.478 e. The molecule has 0 aliphatic heterocycles. The van der Waals surface area contributed by atoms with Gasteiger partial charge in [0, 0.05) is 6.54 Å². The molecule has 1 N–H and O–H groups in total. The Morgan fingerprint density at radius 2 is 2.00 bits per heavy atom. The Morgan fingerprint density at radius 1 is 1.47 bits per heavy atom. The molecule has 0 atom stereocenters. The van der Waals surface area contributed by atoms with Gasteiger partial charge in [0.1, 0.15) is 11.3 Å². The van der Waals surface area contributed by atoms with Crippen molar-refractivity contribution < 1.29 is 31.9 Å². The van der Waals surface area contributed by atoms with Crippen LogP contribution in [0.2, 0.25) is 0 Å². The Labute approximate surface area is 91.6 Å². The van der Waals surface area contributed by atoms with Crippen LogP contribution in [0.4, 0.5) is 22.0 Å². The van der Waals surface area contributed by atoms with Gasteiger partial charge in [0.05, 0.1) is 0 Å². The van der Waals surface area contributed by atoms with E-state index in [1.54, 1.807) is 0 Å². The van der Waals surface area contributed by atoms with E-state index in [-0.39, 0.29) is 6.54 Å². The molecule has 0 saturated heterocycles. The molecule has 4 nitrogen and oxygen atoms in total. The maximum absolute atomic E-state index is 12.5. The van der Waals surface area contributed by atoms with Crippen LogP contribution < -0.4 is 0 Å². The van der Waals surface area contributed by atoms with Crippen LogP contribution in [-0.4, -0.2) is 20.9 Å². The zero-order valence-electron chi connectivity index (χ0n) is 8.42. The molecule has 9 heteroatoms. The highest BCUT2D eigenvalue weighted by Gasteiger charge is 2.43. The van der Waals surface area contributed by atoms with Gasteiger partial charge in [0.15, 0.2) is 5.69 Å². The first-order chi connectivity index (χ1) is 7.70. The SMILES string of the molecule is CCn1nc(C(F)(F)F)c(C(=O)O)c1C(F)F. The van der Waals surface area contributed by atoms with Crippen LogP contribution >= 0.6 is 0 Å². The van der Waals surface area contributed by atoms with Gasteiger partial charge in [-0.05, 0) is 6.92 Å². The van der Waals surface area contributed by atoms with Gasteiger partial charge >= 0.3 is 12.1 Å². The molecule has 1 heterocycles. The van der Waals surface area contributed by atoms with Crippen molar-refractivity contribution >= 4 is 5.97 Å². The van der Waals surface area contributed by atoms with Gasteiger partial charge in [0.2, 0.25) is 0 Å². The van der Waals surface area contributed by atoms with Gasteiger partial charge in [-0.2, -0.15) is 18.3 Å². The van der Waals surface area contributed by atoms with E-state index in [1.165, 1.54) is 6.92 Å². The molecule has 1 aromatic rings. The fourth-order valence-corrected chi connectivity index (χ4v) is 1.35. The number of aryl methyl sites for hydroxylation is 1. The smallest absolute Gasteiger partial charge is 0.436 e. The van der Waals surface area contributed by atoms with Crippen LogP contribution in [0, 0.1) is 0 Å². The fraction of sp³-hybridized carbons (Fsp3) is 0.500. The third-order valence-corrected chi connectivity index (χ3v) is 1.98. The number of halogens is 5. The predicted octanol–water partition coefficient (Wildman–Crippen LogP) is 2.56. The minimum absolute atomic E-state index is 0.282. The highest BCUT2D eigenvalue weighted by molar-refractivity contribution is 5.90. The number of carboxylic acid groups (broad SMARTS) is 1. The van der Waals surface area contributed by atoms with Gasteiger partial charge < -0.3 is 5.11 Å². The number of hydrogen-bond acceptors (Lipinski definition) is 2. The average molecular weight is 258 g/mol. The third kappa shape index (κ3) is 2.37. The van der Waals surface area contributed by atoms with E-state index in [0.29, 0.717) is 4.68 Å². The molecule has 0 saturated carbocycles. The molecule has 0 fully saturated rings. The molecule has 1 aromatic heterocycles. The molecule has 0 spiro atoms. The van der Waals surface area contributed by atoms with E-state index in [2.05, 4.69) is 5.10 Å². The first-order valence-corrected chi connectivity index (χ1v) is 4.39. The molecule has 17 heavy (non-hydrogen) atoms. The number of nitrogens with zero attached hydrogens (tertiary/aromatic N) is 2. The zero-order chi connectivity index (χ0) is 13.4. The molecule has 0 aliphatic rings. The first-order valence-electron chi connectivity index (χ1n) is 4.39. The van der Waals surface area contributed by atoms with Crippen molar-refractivity contribution in [1.29, 1.82) is 0 Å². The standard InChI is InChI=1S/C8H7F5N2O2/c1-2-15-4(6(9)10)3(7(16)17)5(14-15)8(11,12)13/h6H,2H2,1H3,(H,16,17). The van der Waals surface area contributed by atoms with Crippen molar-refractivity contribution in [2.45, 2.75) is 26.1 Å². The van der Waals surface area contributed by atoms with E-state index in [1.807, 2.05) is 0 Å². The summed E-state index contributed by atoms with van der Waals surface area (Å²) in [5.74, 6) is -2.08. The van der Waals surface area contributed by atoms with Crippen LogP contribution in [0.5, 0.6) is 0 Å². The lowest BCUT2D eigenvalue weighted by Gasteiger charge is -2.04. The predicted molar refractivity (Wildman–Crippen MR) is 44.8 cm³/mol. The fourth-order valence-electron chi connectivity index (χ4n) is 1.35. The van der Waals surface area contributed by atoms with Crippen molar-refractivity contribution in [3.05, 3.63) is 17.0 Å². The summed E-state index contributed by atoms with van der Waals surface area (Å²) in [5.41, 5.74) is -4.52. The topological polar surface area (TPSA) is 55.1 Å². The lowest BCUT2D eigenvalue weighted by molar-refractivity contribution is -0.142. The summed E-state index contributed by atoms with van der Waals surface area (Å²) in [5, 5.41) is 11.5. The number of rotatable bonds is 3. The van der Waals surface area contributed by atoms with Crippen molar-refractivity contribution in [3.8, 4) is 0 Å². The summed E-state index contributed by atoms with van der Waals surface area (Å²) >= 11 is 0. The molecule has 0 aliphatic carbocycles. The Kier molecular flexibility index (Phi) is 3.39. The van der Waals surface area contributed by atoms with Gasteiger partial charge in [-0.15, -0.1) is 0 Å². The van der Waals surface area contributed by atoms with E-state index in [4.69, 9.17) is 5.11 Å².